The average molecular weight is 401 g/mol. The molecule has 0 saturated carbocycles. The van der Waals surface area contributed by atoms with Crippen molar-refractivity contribution in [3.05, 3.63) is 30.3 Å². The lowest BCUT2D eigenvalue weighted by atomic mass is 10.0. The zero-order valence-electron chi connectivity index (χ0n) is 15.7. The van der Waals surface area contributed by atoms with Gasteiger partial charge >= 0.3 is 12.1 Å². The van der Waals surface area contributed by atoms with Crippen molar-refractivity contribution in [2.24, 2.45) is 5.10 Å². The second-order valence-corrected chi connectivity index (χ2v) is 6.42. The van der Waals surface area contributed by atoms with Gasteiger partial charge < -0.3 is 14.8 Å². The van der Waals surface area contributed by atoms with Gasteiger partial charge in [0, 0.05) is 13.5 Å². The largest absolute Gasteiger partial charge is 0.461 e. The van der Waals surface area contributed by atoms with Crippen molar-refractivity contribution in [3.63, 3.8) is 0 Å². The summed E-state index contributed by atoms with van der Waals surface area (Å²) in [5, 5.41) is 7.36. The number of rotatable bonds is 7. The molecule has 1 aliphatic rings. The topological polar surface area (TPSA) is 80.2 Å². The van der Waals surface area contributed by atoms with Crippen molar-refractivity contribution in [1.82, 2.24) is 5.32 Å². The number of methoxy groups -OCH3 is 1. The number of carbonyl (C=O) groups is 2. The van der Waals surface area contributed by atoms with E-state index < -0.39 is 36.2 Å². The van der Waals surface area contributed by atoms with Gasteiger partial charge in [-0.25, -0.2) is 4.79 Å². The van der Waals surface area contributed by atoms with Crippen LogP contribution < -0.4 is 10.3 Å². The summed E-state index contributed by atoms with van der Waals surface area (Å²) >= 11 is 0. The van der Waals surface area contributed by atoms with E-state index in [9.17, 15) is 22.8 Å². The number of nitrogens with zero attached hydrogens (tertiary/aromatic N) is 2. The number of benzene rings is 1. The Kier molecular flexibility index (Phi) is 6.65. The Morgan fingerprint density at radius 1 is 1.29 bits per heavy atom. The average Bonchev–Trinajstić information content (AvgIpc) is 3.07. The van der Waals surface area contributed by atoms with Crippen molar-refractivity contribution in [2.45, 2.75) is 38.0 Å². The number of nitrogens with one attached hydrogen (secondary N) is 1. The van der Waals surface area contributed by atoms with Gasteiger partial charge in [-0.1, -0.05) is 18.2 Å². The van der Waals surface area contributed by atoms with E-state index in [4.69, 9.17) is 4.74 Å². The SMILES string of the molecule is CCOC(=O)C1=NN(c2ccccc2)[C@@H](C(=O)N[C@@](C)(COC)C(F)(F)F)C1. The Hall–Kier alpha value is -2.62. The molecule has 1 aliphatic heterocycles. The summed E-state index contributed by atoms with van der Waals surface area (Å²) in [5.41, 5.74) is -2.16. The number of hydrogen-bond donors (Lipinski definition) is 1. The number of para-hydroxylation sites is 1. The summed E-state index contributed by atoms with van der Waals surface area (Å²) < 4.78 is 49.9. The van der Waals surface area contributed by atoms with E-state index in [0.29, 0.717) is 5.69 Å². The monoisotopic (exact) mass is 401 g/mol. The van der Waals surface area contributed by atoms with E-state index in [1.54, 1.807) is 37.3 Å². The van der Waals surface area contributed by atoms with Crippen LogP contribution in [-0.2, 0) is 19.1 Å². The van der Waals surface area contributed by atoms with Crippen LogP contribution in [0, 0.1) is 0 Å². The zero-order chi connectivity index (χ0) is 20.9. The van der Waals surface area contributed by atoms with E-state index in [2.05, 4.69) is 9.84 Å². The number of carbonyl (C=O) groups excluding carboxylic acids is 2. The van der Waals surface area contributed by atoms with Crippen molar-refractivity contribution < 1.29 is 32.2 Å². The standard InChI is InChI=1S/C18H22F3N3O4/c1-4-28-16(26)13-10-14(24(23-13)12-8-6-5-7-9-12)15(25)22-17(2,11-27-3)18(19,20)21/h5-9,14H,4,10-11H2,1-3H3,(H,22,25)/t14-,17+/m1/s1. The molecule has 0 bridgehead atoms. The molecule has 154 valence electrons. The molecule has 0 spiro atoms. The quantitative estimate of drug-likeness (QED) is 0.709. The molecule has 0 unspecified atom stereocenters. The van der Waals surface area contributed by atoms with Gasteiger partial charge in [0.1, 0.15) is 11.8 Å². The summed E-state index contributed by atoms with van der Waals surface area (Å²) in [4.78, 5) is 24.8. The summed E-state index contributed by atoms with van der Waals surface area (Å²) in [7, 11) is 1.12. The molecule has 1 N–H and O–H groups in total. The fourth-order valence-electron chi connectivity index (χ4n) is 2.70. The predicted octanol–water partition coefficient (Wildman–Crippen LogP) is 2.27. The molecule has 7 nitrogen and oxygen atoms in total. The maximum Gasteiger partial charge on any atom is 0.413 e. The number of halogens is 3. The van der Waals surface area contributed by atoms with Crippen LogP contribution in [0.2, 0.25) is 0 Å². The second-order valence-electron chi connectivity index (χ2n) is 6.42. The van der Waals surface area contributed by atoms with Crippen LogP contribution >= 0.6 is 0 Å². The highest BCUT2D eigenvalue weighted by Crippen LogP contribution is 2.32. The summed E-state index contributed by atoms with van der Waals surface area (Å²) in [6.45, 7) is 1.81. The van der Waals surface area contributed by atoms with E-state index >= 15 is 0 Å². The molecule has 1 aromatic carbocycles. The molecular weight excluding hydrogens is 379 g/mol. The first kappa shape index (κ1) is 21.7. The molecule has 2 atom stereocenters. The molecule has 0 aliphatic carbocycles. The van der Waals surface area contributed by atoms with Crippen LogP contribution in [0.4, 0.5) is 18.9 Å². The molecule has 10 heteroatoms. The smallest absolute Gasteiger partial charge is 0.413 e. The summed E-state index contributed by atoms with van der Waals surface area (Å²) in [5.74, 6) is -1.64. The molecule has 0 fully saturated rings. The fraction of sp³-hybridized carbons (Fsp3) is 0.500. The van der Waals surface area contributed by atoms with Gasteiger partial charge in [-0.15, -0.1) is 0 Å². The van der Waals surface area contributed by atoms with Crippen molar-refractivity contribution in [2.75, 3.05) is 25.3 Å². The second kappa shape index (κ2) is 8.59. The Balaban J connectivity index is 2.31. The van der Waals surface area contributed by atoms with Crippen LogP contribution in [0.15, 0.2) is 35.4 Å². The minimum Gasteiger partial charge on any atom is -0.461 e. The first-order chi connectivity index (χ1) is 13.1. The van der Waals surface area contributed by atoms with Gasteiger partial charge in [-0.05, 0) is 26.0 Å². The number of ether oxygens (including phenoxy) is 2. The molecular formula is C18H22F3N3O4. The molecule has 1 heterocycles. The molecule has 1 amide bonds. The summed E-state index contributed by atoms with van der Waals surface area (Å²) in [6, 6.07) is 7.25. The number of amides is 1. The minimum atomic E-state index is -4.74. The third kappa shape index (κ3) is 4.61. The Morgan fingerprint density at radius 2 is 1.93 bits per heavy atom. The van der Waals surface area contributed by atoms with Crippen LogP contribution in [-0.4, -0.2) is 55.7 Å². The van der Waals surface area contributed by atoms with Crippen LogP contribution in [0.3, 0.4) is 0 Å². The van der Waals surface area contributed by atoms with Crippen LogP contribution in [0.25, 0.3) is 0 Å². The number of esters is 1. The minimum absolute atomic E-state index is 0.0358. The molecule has 1 aromatic rings. The fourth-order valence-corrected chi connectivity index (χ4v) is 2.70. The Labute approximate surface area is 160 Å². The molecule has 0 aromatic heterocycles. The predicted molar refractivity (Wildman–Crippen MR) is 95.9 cm³/mol. The third-order valence-electron chi connectivity index (χ3n) is 4.20. The normalized spacial score (nSPS) is 19.0. The maximum atomic E-state index is 13.5. The van der Waals surface area contributed by atoms with Gasteiger partial charge in [-0.3, -0.25) is 9.80 Å². The van der Waals surface area contributed by atoms with E-state index in [1.165, 1.54) is 5.01 Å². The first-order valence-electron chi connectivity index (χ1n) is 8.59. The first-order valence-corrected chi connectivity index (χ1v) is 8.59. The lowest BCUT2D eigenvalue weighted by molar-refractivity contribution is -0.205. The maximum absolute atomic E-state index is 13.5. The van der Waals surface area contributed by atoms with Crippen molar-refractivity contribution in [3.8, 4) is 0 Å². The highest BCUT2D eigenvalue weighted by Gasteiger charge is 2.53. The van der Waals surface area contributed by atoms with Crippen molar-refractivity contribution >= 4 is 23.3 Å². The number of alkyl halides is 3. The van der Waals surface area contributed by atoms with Gasteiger partial charge in [0.25, 0.3) is 0 Å². The Bertz CT molecular complexity index is 739. The number of hydrazone groups is 1. The zero-order valence-corrected chi connectivity index (χ0v) is 15.7. The van der Waals surface area contributed by atoms with Gasteiger partial charge in [0.15, 0.2) is 5.54 Å². The molecule has 0 radical (unpaired) electrons. The number of anilines is 1. The number of hydrogen-bond acceptors (Lipinski definition) is 6. The van der Waals surface area contributed by atoms with Gasteiger partial charge in [0.05, 0.1) is 18.9 Å². The van der Waals surface area contributed by atoms with Gasteiger partial charge in [0.2, 0.25) is 5.91 Å². The van der Waals surface area contributed by atoms with Gasteiger partial charge in [-0.2, -0.15) is 18.3 Å². The third-order valence-corrected chi connectivity index (χ3v) is 4.20. The van der Waals surface area contributed by atoms with E-state index in [1.807, 2.05) is 5.32 Å². The van der Waals surface area contributed by atoms with Crippen LogP contribution in [0.1, 0.15) is 20.3 Å². The van der Waals surface area contributed by atoms with E-state index in [-0.39, 0.29) is 18.7 Å². The molecule has 28 heavy (non-hydrogen) atoms. The van der Waals surface area contributed by atoms with Crippen molar-refractivity contribution in [1.29, 1.82) is 0 Å². The lowest BCUT2D eigenvalue weighted by Crippen LogP contribution is -2.62. The molecule has 0 saturated heterocycles. The highest BCUT2D eigenvalue weighted by molar-refractivity contribution is 6.38. The van der Waals surface area contributed by atoms with Crippen LogP contribution in [0.5, 0.6) is 0 Å². The summed E-state index contributed by atoms with van der Waals surface area (Å²) in [6.07, 6.45) is -4.92. The lowest BCUT2D eigenvalue weighted by Gasteiger charge is -2.34. The Morgan fingerprint density at radius 3 is 2.46 bits per heavy atom. The van der Waals surface area contributed by atoms with E-state index in [0.717, 1.165) is 14.0 Å². The molecule has 2 rings (SSSR count). The highest BCUT2D eigenvalue weighted by atomic mass is 19.4.